The molecule has 0 bridgehead atoms. The van der Waals surface area contributed by atoms with Crippen molar-refractivity contribution in [2.75, 3.05) is 25.0 Å². The first-order valence-corrected chi connectivity index (χ1v) is 10.7. The fraction of sp³-hybridized carbons (Fsp3) is 0.417. The van der Waals surface area contributed by atoms with Gasteiger partial charge in [0, 0.05) is 43.1 Å². The summed E-state index contributed by atoms with van der Waals surface area (Å²) in [5.74, 6) is -0.186. The molecule has 0 spiro atoms. The Labute approximate surface area is 180 Å². The summed E-state index contributed by atoms with van der Waals surface area (Å²) in [6, 6.07) is 11.7. The molecule has 2 aromatic carbocycles. The number of amides is 1. The number of carbonyl (C=O) groups excluding carboxylic acids is 2. The van der Waals surface area contributed by atoms with Crippen LogP contribution in [0.2, 0.25) is 0 Å². The number of fused-ring (bicyclic) bond motifs is 2. The van der Waals surface area contributed by atoms with Crippen molar-refractivity contribution < 1.29 is 23.8 Å². The van der Waals surface area contributed by atoms with Crippen LogP contribution in [0.25, 0.3) is 0 Å². The van der Waals surface area contributed by atoms with Gasteiger partial charge in [0.05, 0.1) is 12.1 Å². The van der Waals surface area contributed by atoms with E-state index in [9.17, 15) is 19.1 Å². The van der Waals surface area contributed by atoms with Crippen molar-refractivity contribution >= 4 is 17.4 Å². The molecule has 31 heavy (non-hydrogen) atoms. The van der Waals surface area contributed by atoms with Gasteiger partial charge in [-0.1, -0.05) is 12.1 Å². The number of hydrogen-bond acceptors (Lipinski definition) is 5. The number of ether oxygens (including phenoxy) is 1. The molecule has 6 nitrogen and oxygen atoms in total. The Hall–Kier alpha value is -2.77. The van der Waals surface area contributed by atoms with Gasteiger partial charge in [-0.3, -0.25) is 14.5 Å². The normalized spacial score (nSPS) is 27.5. The second kappa shape index (κ2) is 7.73. The monoisotopic (exact) mass is 424 g/mol. The van der Waals surface area contributed by atoms with Gasteiger partial charge in [0.15, 0.2) is 17.3 Å². The molecule has 162 valence electrons. The van der Waals surface area contributed by atoms with Gasteiger partial charge >= 0.3 is 0 Å². The number of benzene rings is 2. The minimum atomic E-state index is -0.920. The Morgan fingerprint density at radius 1 is 1.26 bits per heavy atom. The molecule has 1 saturated carbocycles. The molecule has 3 atom stereocenters. The molecule has 2 aromatic rings. The van der Waals surface area contributed by atoms with Crippen LogP contribution >= 0.6 is 0 Å². The lowest BCUT2D eigenvalue weighted by Gasteiger charge is -2.23. The number of halogens is 1. The topological polar surface area (TPSA) is 78.9 Å². The van der Waals surface area contributed by atoms with Crippen LogP contribution in [0.3, 0.4) is 0 Å². The number of Topliss-reactive ketones (excluding diaryl/α,β-unsaturated/α-hetero) is 1. The SMILES string of the molecule is O=C1CCc2cc(C(=O)CN3C[C@H]4C[C@H](Oc5ccccc5F)C[C@@]4(O)C3)ccc2N1. The first-order chi connectivity index (χ1) is 14.9. The number of nitrogens with zero attached hydrogens (tertiary/aromatic N) is 1. The largest absolute Gasteiger partial charge is 0.487 e. The van der Waals surface area contributed by atoms with E-state index in [-0.39, 0.29) is 36.0 Å². The van der Waals surface area contributed by atoms with Crippen LogP contribution in [0.4, 0.5) is 10.1 Å². The number of rotatable bonds is 5. The van der Waals surface area contributed by atoms with Crippen LogP contribution in [0, 0.1) is 11.7 Å². The first-order valence-electron chi connectivity index (χ1n) is 10.7. The van der Waals surface area contributed by atoms with Crippen molar-refractivity contribution in [1.82, 2.24) is 4.90 Å². The van der Waals surface area contributed by atoms with Crippen molar-refractivity contribution in [2.45, 2.75) is 37.4 Å². The summed E-state index contributed by atoms with van der Waals surface area (Å²) >= 11 is 0. The third-order valence-corrected chi connectivity index (χ3v) is 6.68. The number of nitrogens with one attached hydrogen (secondary N) is 1. The number of carbonyl (C=O) groups is 2. The molecule has 2 N–H and O–H groups in total. The minimum absolute atomic E-state index is 0.000661. The summed E-state index contributed by atoms with van der Waals surface area (Å²) in [7, 11) is 0. The molecule has 1 aliphatic carbocycles. The maximum Gasteiger partial charge on any atom is 0.224 e. The number of anilines is 1. The number of aryl methyl sites for hydroxylation is 1. The van der Waals surface area contributed by atoms with Crippen LogP contribution in [0.1, 0.15) is 35.2 Å². The van der Waals surface area contributed by atoms with E-state index in [0.29, 0.717) is 44.3 Å². The van der Waals surface area contributed by atoms with E-state index < -0.39 is 11.4 Å². The van der Waals surface area contributed by atoms with Crippen LogP contribution in [0.5, 0.6) is 5.75 Å². The Morgan fingerprint density at radius 3 is 2.90 bits per heavy atom. The Morgan fingerprint density at radius 2 is 2.10 bits per heavy atom. The number of ketones is 1. The molecule has 0 unspecified atom stereocenters. The number of β-amino-alcohol motifs (C(OH)–C–C–N with tert-alkyl or cyclic N) is 1. The van der Waals surface area contributed by atoms with Gasteiger partial charge in [0.1, 0.15) is 6.10 Å². The van der Waals surface area contributed by atoms with Crippen molar-refractivity contribution in [3.8, 4) is 5.75 Å². The smallest absolute Gasteiger partial charge is 0.224 e. The molecule has 3 aliphatic rings. The van der Waals surface area contributed by atoms with Crippen LogP contribution < -0.4 is 10.1 Å². The maximum absolute atomic E-state index is 13.9. The number of hydrogen-bond donors (Lipinski definition) is 2. The second-order valence-corrected chi connectivity index (χ2v) is 8.92. The van der Waals surface area contributed by atoms with Crippen molar-refractivity contribution in [3.05, 3.63) is 59.4 Å². The van der Waals surface area contributed by atoms with E-state index in [1.54, 1.807) is 30.3 Å². The van der Waals surface area contributed by atoms with Crippen LogP contribution in [0.15, 0.2) is 42.5 Å². The number of aliphatic hydroxyl groups is 1. The average molecular weight is 424 g/mol. The molecular formula is C24H25FN2O4. The fourth-order valence-corrected chi connectivity index (χ4v) is 5.16. The van der Waals surface area contributed by atoms with E-state index in [2.05, 4.69) is 5.32 Å². The molecule has 0 radical (unpaired) electrons. The van der Waals surface area contributed by atoms with Gasteiger partial charge in [-0.05, 0) is 48.7 Å². The van der Waals surface area contributed by atoms with Gasteiger partial charge in [-0.25, -0.2) is 4.39 Å². The maximum atomic E-state index is 13.9. The number of likely N-dealkylation sites (tertiary alicyclic amines) is 1. The lowest BCUT2D eigenvalue weighted by atomic mass is 9.95. The van der Waals surface area contributed by atoms with Crippen LogP contribution in [-0.4, -0.2) is 53.0 Å². The summed E-state index contributed by atoms with van der Waals surface area (Å²) in [6.45, 7) is 1.25. The molecule has 5 rings (SSSR count). The fourth-order valence-electron chi connectivity index (χ4n) is 5.16. The Bertz CT molecular complexity index is 1040. The van der Waals surface area contributed by atoms with Crippen molar-refractivity contribution in [3.63, 3.8) is 0 Å². The average Bonchev–Trinajstić information content (AvgIpc) is 3.19. The summed E-state index contributed by atoms with van der Waals surface area (Å²) in [6.07, 6.45) is 1.89. The van der Waals surface area contributed by atoms with Gasteiger partial charge in [0.2, 0.25) is 5.91 Å². The highest BCUT2D eigenvalue weighted by Gasteiger charge is 2.53. The first kappa shape index (κ1) is 20.2. The Balaban J connectivity index is 1.20. The predicted octanol–water partition coefficient (Wildman–Crippen LogP) is 2.80. The summed E-state index contributed by atoms with van der Waals surface area (Å²) in [4.78, 5) is 26.3. The third-order valence-electron chi connectivity index (χ3n) is 6.68. The van der Waals surface area contributed by atoms with E-state index >= 15 is 0 Å². The predicted molar refractivity (Wildman–Crippen MR) is 113 cm³/mol. The zero-order valence-corrected chi connectivity index (χ0v) is 17.1. The molecule has 2 heterocycles. The van der Waals surface area contributed by atoms with E-state index in [1.165, 1.54) is 6.07 Å². The quantitative estimate of drug-likeness (QED) is 0.722. The molecule has 0 aromatic heterocycles. The van der Waals surface area contributed by atoms with Gasteiger partial charge in [-0.2, -0.15) is 0 Å². The summed E-state index contributed by atoms with van der Waals surface area (Å²) < 4.78 is 19.7. The zero-order chi connectivity index (χ0) is 21.6. The second-order valence-electron chi connectivity index (χ2n) is 8.92. The van der Waals surface area contributed by atoms with Crippen molar-refractivity contribution in [2.24, 2.45) is 5.92 Å². The number of para-hydroxylation sites is 1. The zero-order valence-electron chi connectivity index (χ0n) is 17.1. The standard InChI is InChI=1S/C24H25FN2O4/c25-19-3-1-2-4-22(19)31-18-10-17-12-27(14-24(17,30)11-18)13-21(28)16-5-7-20-15(9-16)6-8-23(29)26-20/h1-5,7,9,17-18,30H,6,8,10-14H2,(H,26,29)/t17-,18+,24-/m1/s1. The highest BCUT2D eigenvalue weighted by molar-refractivity contribution is 6.00. The lowest BCUT2D eigenvalue weighted by Crippen LogP contribution is -2.37. The van der Waals surface area contributed by atoms with Crippen molar-refractivity contribution in [1.29, 1.82) is 0 Å². The molecule has 2 aliphatic heterocycles. The lowest BCUT2D eigenvalue weighted by molar-refractivity contribution is -0.116. The summed E-state index contributed by atoms with van der Waals surface area (Å²) in [5, 5.41) is 13.9. The molecular weight excluding hydrogens is 399 g/mol. The molecule has 7 heteroatoms. The summed E-state index contributed by atoms with van der Waals surface area (Å²) in [5.41, 5.74) is 1.46. The molecule has 1 amide bonds. The minimum Gasteiger partial charge on any atom is -0.487 e. The van der Waals surface area contributed by atoms with Gasteiger partial charge in [0.25, 0.3) is 0 Å². The van der Waals surface area contributed by atoms with E-state index in [1.807, 2.05) is 11.0 Å². The van der Waals surface area contributed by atoms with E-state index in [0.717, 1.165) is 11.3 Å². The van der Waals surface area contributed by atoms with E-state index in [4.69, 9.17) is 4.74 Å². The highest BCUT2D eigenvalue weighted by atomic mass is 19.1. The molecule has 2 fully saturated rings. The Kier molecular flexibility index (Phi) is 5.02. The highest BCUT2D eigenvalue weighted by Crippen LogP contribution is 2.43. The van der Waals surface area contributed by atoms with Gasteiger partial charge in [-0.15, -0.1) is 0 Å². The van der Waals surface area contributed by atoms with Crippen LogP contribution in [-0.2, 0) is 11.2 Å². The third kappa shape index (κ3) is 3.95. The molecule has 1 saturated heterocycles. The van der Waals surface area contributed by atoms with Gasteiger partial charge < -0.3 is 15.2 Å².